The number of urea groups is 1. The molecular formula is C16H11ClF6N2O2. The number of benzene rings is 2. The van der Waals surface area contributed by atoms with E-state index in [1.165, 1.54) is 24.3 Å². The summed E-state index contributed by atoms with van der Waals surface area (Å²) in [6, 6.07) is 9.45. The zero-order valence-corrected chi connectivity index (χ0v) is 13.9. The predicted octanol–water partition coefficient (Wildman–Crippen LogP) is 5.86. The summed E-state index contributed by atoms with van der Waals surface area (Å²) >= 11 is 5.75. The molecule has 2 aromatic rings. The molecule has 0 aliphatic rings. The number of anilines is 2. The summed E-state index contributed by atoms with van der Waals surface area (Å²) in [6.45, 7) is 0. The van der Waals surface area contributed by atoms with Gasteiger partial charge in [0.05, 0.1) is 5.69 Å². The maximum atomic E-state index is 13.4. The molecule has 0 saturated heterocycles. The number of rotatable bonds is 5. The second-order valence-electron chi connectivity index (χ2n) is 5.15. The zero-order valence-electron chi connectivity index (χ0n) is 13.2. The number of carbonyl (C=O) groups is 1. The molecule has 2 amide bonds. The van der Waals surface area contributed by atoms with Crippen molar-refractivity contribution in [3.63, 3.8) is 0 Å². The molecule has 27 heavy (non-hydrogen) atoms. The molecular weight excluding hydrogens is 402 g/mol. The van der Waals surface area contributed by atoms with Crippen molar-refractivity contribution < 1.29 is 35.9 Å². The van der Waals surface area contributed by atoms with Gasteiger partial charge in [0, 0.05) is 10.7 Å². The average Bonchev–Trinajstić information content (AvgIpc) is 2.55. The van der Waals surface area contributed by atoms with E-state index in [-0.39, 0.29) is 5.69 Å². The van der Waals surface area contributed by atoms with Crippen LogP contribution in [0.2, 0.25) is 5.02 Å². The molecule has 146 valence electrons. The molecule has 0 saturated carbocycles. The second-order valence-corrected chi connectivity index (χ2v) is 5.59. The topological polar surface area (TPSA) is 50.4 Å². The van der Waals surface area contributed by atoms with Gasteiger partial charge in [-0.3, -0.25) is 0 Å². The maximum Gasteiger partial charge on any atom is 0.439 e. The highest BCUT2D eigenvalue weighted by Gasteiger charge is 2.59. The Balaban J connectivity index is 2.14. The molecule has 1 atom stereocenters. The Morgan fingerprint density at radius 3 is 2.30 bits per heavy atom. The lowest BCUT2D eigenvalue weighted by atomic mass is 10.3. The first-order valence-electron chi connectivity index (χ1n) is 7.19. The summed E-state index contributed by atoms with van der Waals surface area (Å²) in [5, 5.41) is 4.78. The summed E-state index contributed by atoms with van der Waals surface area (Å²) in [4.78, 5) is 11.9. The van der Waals surface area contributed by atoms with Crippen LogP contribution in [0.4, 0.5) is 42.5 Å². The first-order chi connectivity index (χ1) is 12.5. The third-order valence-corrected chi connectivity index (χ3v) is 3.28. The molecule has 0 heterocycles. The molecule has 11 heteroatoms. The van der Waals surface area contributed by atoms with Crippen LogP contribution < -0.4 is 15.4 Å². The van der Waals surface area contributed by atoms with E-state index in [2.05, 4.69) is 15.4 Å². The maximum absolute atomic E-state index is 13.4. The Morgan fingerprint density at radius 1 is 1.00 bits per heavy atom. The van der Waals surface area contributed by atoms with Crippen LogP contribution in [-0.2, 0) is 0 Å². The smallest absolute Gasteiger partial charge is 0.428 e. The molecule has 0 fully saturated rings. The van der Waals surface area contributed by atoms with E-state index in [9.17, 15) is 31.1 Å². The van der Waals surface area contributed by atoms with Gasteiger partial charge >= 0.3 is 18.3 Å². The second kappa shape index (κ2) is 7.95. The van der Waals surface area contributed by atoms with Gasteiger partial charge in [0.25, 0.3) is 6.17 Å². The number of nitrogens with one attached hydrogen (secondary N) is 2. The van der Waals surface area contributed by atoms with Crippen molar-refractivity contribution in [3.05, 3.63) is 53.6 Å². The van der Waals surface area contributed by atoms with Crippen LogP contribution in [0.5, 0.6) is 5.75 Å². The van der Waals surface area contributed by atoms with Crippen LogP contribution in [-0.4, -0.2) is 24.5 Å². The molecule has 0 unspecified atom stereocenters. The lowest BCUT2D eigenvalue weighted by Crippen LogP contribution is -2.45. The SMILES string of the molecule is O=C(Nc1cccc(Cl)c1)Nc1ccccc1OC(F)(F)[C@@H](F)C(F)(F)F. The number of para-hydroxylation sites is 2. The third-order valence-electron chi connectivity index (χ3n) is 3.05. The molecule has 0 aliphatic heterocycles. The van der Waals surface area contributed by atoms with Gasteiger partial charge in [-0.15, -0.1) is 0 Å². The van der Waals surface area contributed by atoms with Crippen molar-refractivity contribution in [2.24, 2.45) is 0 Å². The molecule has 0 spiro atoms. The van der Waals surface area contributed by atoms with E-state index < -0.39 is 35.9 Å². The summed E-state index contributed by atoms with van der Waals surface area (Å²) in [5.74, 6) is -0.851. The molecule has 2 rings (SSSR count). The lowest BCUT2D eigenvalue weighted by molar-refractivity contribution is -0.304. The average molecular weight is 413 g/mol. The number of amides is 2. The predicted molar refractivity (Wildman–Crippen MR) is 87.1 cm³/mol. The van der Waals surface area contributed by atoms with Crippen LogP contribution in [0.15, 0.2) is 48.5 Å². The number of carbonyl (C=O) groups excluding carboxylic acids is 1. The van der Waals surface area contributed by atoms with Crippen molar-refractivity contribution in [2.45, 2.75) is 18.5 Å². The van der Waals surface area contributed by atoms with Gasteiger partial charge in [-0.25, -0.2) is 9.18 Å². The first-order valence-corrected chi connectivity index (χ1v) is 7.57. The minimum Gasteiger partial charge on any atom is -0.428 e. The fourth-order valence-electron chi connectivity index (χ4n) is 1.90. The molecule has 0 bridgehead atoms. The van der Waals surface area contributed by atoms with E-state index in [0.29, 0.717) is 5.02 Å². The number of ether oxygens (including phenoxy) is 1. The minimum absolute atomic E-state index is 0.268. The highest BCUT2D eigenvalue weighted by molar-refractivity contribution is 6.30. The normalized spacial score (nSPS) is 13.0. The van der Waals surface area contributed by atoms with E-state index in [1.807, 2.05) is 0 Å². The van der Waals surface area contributed by atoms with Crippen molar-refractivity contribution in [3.8, 4) is 5.75 Å². The monoisotopic (exact) mass is 412 g/mol. The Morgan fingerprint density at radius 2 is 1.67 bits per heavy atom. The van der Waals surface area contributed by atoms with Crippen LogP contribution in [0.3, 0.4) is 0 Å². The van der Waals surface area contributed by atoms with Crippen LogP contribution in [0, 0.1) is 0 Å². The van der Waals surface area contributed by atoms with E-state index in [0.717, 1.165) is 18.2 Å². The fraction of sp³-hybridized carbons (Fsp3) is 0.188. The molecule has 0 aliphatic carbocycles. The number of halogens is 7. The van der Waals surface area contributed by atoms with Gasteiger partial charge < -0.3 is 15.4 Å². The molecule has 2 N–H and O–H groups in total. The number of alkyl halides is 6. The van der Waals surface area contributed by atoms with Gasteiger partial charge in [0.15, 0.2) is 0 Å². The summed E-state index contributed by atoms with van der Waals surface area (Å²) in [7, 11) is 0. The lowest BCUT2D eigenvalue weighted by Gasteiger charge is -2.24. The summed E-state index contributed by atoms with van der Waals surface area (Å²) in [6.07, 6.45) is -15.6. The number of hydrogen-bond donors (Lipinski definition) is 2. The fourth-order valence-corrected chi connectivity index (χ4v) is 2.09. The van der Waals surface area contributed by atoms with Crippen LogP contribution >= 0.6 is 11.6 Å². The summed E-state index contributed by atoms with van der Waals surface area (Å²) in [5.41, 5.74) is -0.129. The van der Waals surface area contributed by atoms with Crippen molar-refractivity contribution >= 4 is 29.0 Å². The van der Waals surface area contributed by atoms with E-state index in [4.69, 9.17) is 11.6 Å². The molecule has 0 aromatic heterocycles. The Labute approximate surface area is 154 Å². The third kappa shape index (κ3) is 5.68. The summed E-state index contributed by atoms with van der Waals surface area (Å²) < 4.78 is 80.4. The van der Waals surface area contributed by atoms with E-state index >= 15 is 0 Å². The van der Waals surface area contributed by atoms with Crippen molar-refractivity contribution in [1.82, 2.24) is 0 Å². The standard InChI is InChI=1S/C16H11ClF6N2O2/c17-9-4-3-5-10(8-9)24-14(26)25-11-6-1-2-7-12(11)27-16(22,23)13(18)15(19,20)21/h1-8,13H,(H2,24,25,26)/t13-/m0/s1. The van der Waals surface area contributed by atoms with Crippen LogP contribution in [0.25, 0.3) is 0 Å². The first kappa shape index (κ1) is 20.7. The molecule has 4 nitrogen and oxygen atoms in total. The van der Waals surface area contributed by atoms with E-state index in [1.54, 1.807) is 6.07 Å². The van der Waals surface area contributed by atoms with Crippen LogP contribution in [0.1, 0.15) is 0 Å². The van der Waals surface area contributed by atoms with Gasteiger partial charge in [-0.05, 0) is 30.3 Å². The molecule has 2 aromatic carbocycles. The molecule has 0 radical (unpaired) electrons. The zero-order chi connectivity index (χ0) is 20.2. The van der Waals surface area contributed by atoms with Gasteiger partial charge in [-0.2, -0.15) is 22.0 Å². The minimum atomic E-state index is -5.82. The Kier molecular flexibility index (Phi) is 6.09. The quantitative estimate of drug-likeness (QED) is 0.605. The highest BCUT2D eigenvalue weighted by atomic mass is 35.5. The highest BCUT2D eigenvalue weighted by Crippen LogP contribution is 2.38. The van der Waals surface area contributed by atoms with Gasteiger partial charge in [0.1, 0.15) is 5.75 Å². The number of hydrogen-bond acceptors (Lipinski definition) is 2. The van der Waals surface area contributed by atoms with Gasteiger partial charge in [-0.1, -0.05) is 29.8 Å². The largest absolute Gasteiger partial charge is 0.439 e. The Hall–Kier alpha value is -2.62. The van der Waals surface area contributed by atoms with Crippen molar-refractivity contribution in [1.29, 1.82) is 0 Å². The van der Waals surface area contributed by atoms with Gasteiger partial charge in [0.2, 0.25) is 0 Å². The van der Waals surface area contributed by atoms with Crippen molar-refractivity contribution in [2.75, 3.05) is 10.6 Å². The Bertz CT molecular complexity index is 815.